The van der Waals surface area contributed by atoms with Crippen LogP contribution in [0.4, 0.5) is 0 Å². The van der Waals surface area contributed by atoms with E-state index in [9.17, 15) is 14.9 Å². The molecule has 1 aromatic heterocycles. The van der Waals surface area contributed by atoms with E-state index in [-0.39, 0.29) is 29.8 Å². The highest BCUT2D eigenvalue weighted by Crippen LogP contribution is 2.27. The lowest BCUT2D eigenvalue weighted by atomic mass is 10.0. The minimum Gasteiger partial charge on any atom is -0.466 e. The molecule has 0 N–H and O–H groups in total. The zero-order chi connectivity index (χ0) is 12.8. The number of carbonyl (C=O) groups excluding carboxylic acids is 1. The summed E-state index contributed by atoms with van der Waals surface area (Å²) >= 11 is 1.45. The summed E-state index contributed by atoms with van der Waals surface area (Å²) in [5.41, 5.74) is 1.06. The molecule has 0 bridgehead atoms. The van der Waals surface area contributed by atoms with Gasteiger partial charge in [0.2, 0.25) is 6.54 Å². The van der Waals surface area contributed by atoms with Crippen LogP contribution in [-0.4, -0.2) is 24.0 Å². The minimum atomic E-state index is -0.390. The van der Waals surface area contributed by atoms with E-state index in [1.54, 1.807) is 6.92 Å². The van der Waals surface area contributed by atoms with Crippen LogP contribution < -0.4 is 0 Å². The SMILES string of the molecule is CCOC(=O)CC(C[N+](=O)[O-])c1cc(C)cs1. The molecule has 0 radical (unpaired) electrons. The van der Waals surface area contributed by atoms with Crippen molar-refractivity contribution in [2.24, 2.45) is 0 Å². The van der Waals surface area contributed by atoms with E-state index in [2.05, 4.69) is 0 Å². The first-order valence-corrected chi connectivity index (χ1v) is 6.23. The maximum Gasteiger partial charge on any atom is 0.306 e. The van der Waals surface area contributed by atoms with Gasteiger partial charge in [0.25, 0.3) is 0 Å². The van der Waals surface area contributed by atoms with Crippen LogP contribution in [-0.2, 0) is 9.53 Å². The van der Waals surface area contributed by atoms with Crippen molar-refractivity contribution in [3.63, 3.8) is 0 Å². The Hall–Kier alpha value is -1.43. The number of esters is 1. The molecule has 1 rings (SSSR count). The summed E-state index contributed by atoms with van der Waals surface area (Å²) < 4.78 is 4.83. The van der Waals surface area contributed by atoms with Crippen molar-refractivity contribution in [3.8, 4) is 0 Å². The Labute approximate surface area is 104 Å². The second-order valence-corrected chi connectivity index (χ2v) is 4.69. The number of aryl methyl sites for hydroxylation is 1. The van der Waals surface area contributed by atoms with Crippen LogP contribution in [0.25, 0.3) is 0 Å². The summed E-state index contributed by atoms with van der Waals surface area (Å²) in [5, 5.41) is 12.5. The topological polar surface area (TPSA) is 69.4 Å². The number of rotatable bonds is 6. The molecule has 0 spiro atoms. The Morgan fingerprint density at radius 2 is 2.35 bits per heavy atom. The van der Waals surface area contributed by atoms with E-state index >= 15 is 0 Å². The molecule has 1 atom stereocenters. The summed E-state index contributed by atoms with van der Waals surface area (Å²) in [4.78, 5) is 22.4. The molecule has 0 fully saturated rings. The standard InChI is InChI=1S/C11H15NO4S/c1-3-16-11(13)5-9(6-12(14)15)10-4-8(2)7-17-10/h4,7,9H,3,5-6H2,1-2H3. The Kier molecular flexibility index (Phi) is 5.09. The molecular weight excluding hydrogens is 242 g/mol. The molecule has 1 aromatic rings. The highest BCUT2D eigenvalue weighted by Gasteiger charge is 2.23. The molecular formula is C11H15NO4S. The number of nitrogens with zero attached hydrogens (tertiary/aromatic N) is 1. The van der Waals surface area contributed by atoms with Gasteiger partial charge in [-0.15, -0.1) is 11.3 Å². The first-order chi connectivity index (χ1) is 8.02. The molecule has 6 heteroatoms. The third kappa shape index (κ3) is 4.52. The molecule has 0 aliphatic heterocycles. The van der Waals surface area contributed by atoms with Crippen molar-refractivity contribution in [3.05, 3.63) is 32.0 Å². The van der Waals surface area contributed by atoms with Gasteiger partial charge in [-0.05, 0) is 30.9 Å². The maximum absolute atomic E-state index is 11.4. The number of ether oxygens (including phenoxy) is 1. The number of nitro groups is 1. The molecule has 0 saturated heterocycles. The largest absolute Gasteiger partial charge is 0.466 e. The summed E-state index contributed by atoms with van der Waals surface area (Å²) in [6.07, 6.45) is 0.0643. The quantitative estimate of drug-likeness (QED) is 0.445. The summed E-state index contributed by atoms with van der Waals surface area (Å²) in [5.74, 6) is -0.770. The highest BCUT2D eigenvalue weighted by atomic mass is 32.1. The van der Waals surface area contributed by atoms with E-state index in [1.807, 2.05) is 18.4 Å². The number of hydrogen-bond donors (Lipinski definition) is 0. The van der Waals surface area contributed by atoms with Crippen LogP contribution in [0.5, 0.6) is 0 Å². The summed E-state index contributed by atoms with van der Waals surface area (Å²) in [6.45, 7) is 3.70. The monoisotopic (exact) mass is 257 g/mol. The minimum absolute atomic E-state index is 0.0643. The Morgan fingerprint density at radius 3 is 2.82 bits per heavy atom. The molecule has 0 amide bonds. The molecule has 5 nitrogen and oxygen atoms in total. The summed E-state index contributed by atoms with van der Waals surface area (Å²) in [6, 6.07) is 1.89. The molecule has 0 aliphatic carbocycles. The molecule has 17 heavy (non-hydrogen) atoms. The van der Waals surface area contributed by atoms with Crippen molar-refractivity contribution in [1.82, 2.24) is 0 Å². The second-order valence-electron chi connectivity index (χ2n) is 3.75. The molecule has 1 heterocycles. The van der Waals surface area contributed by atoms with Crippen molar-refractivity contribution in [2.75, 3.05) is 13.2 Å². The zero-order valence-electron chi connectivity index (χ0n) is 9.84. The van der Waals surface area contributed by atoms with Crippen LogP contribution in [0.15, 0.2) is 11.4 Å². The molecule has 0 aliphatic rings. The van der Waals surface area contributed by atoms with Crippen LogP contribution in [0, 0.1) is 17.0 Å². The third-order valence-electron chi connectivity index (χ3n) is 2.24. The number of thiophene rings is 1. The van der Waals surface area contributed by atoms with E-state index in [0.29, 0.717) is 6.61 Å². The van der Waals surface area contributed by atoms with Crippen LogP contribution in [0.3, 0.4) is 0 Å². The van der Waals surface area contributed by atoms with Gasteiger partial charge in [0.05, 0.1) is 18.9 Å². The van der Waals surface area contributed by atoms with Gasteiger partial charge in [-0.2, -0.15) is 0 Å². The average molecular weight is 257 g/mol. The fraction of sp³-hybridized carbons (Fsp3) is 0.545. The highest BCUT2D eigenvalue weighted by molar-refractivity contribution is 7.10. The van der Waals surface area contributed by atoms with E-state index in [0.717, 1.165) is 10.4 Å². The fourth-order valence-electron chi connectivity index (χ4n) is 1.52. The predicted molar refractivity (Wildman–Crippen MR) is 64.9 cm³/mol. The van der Waals surface area contributed by atoms with Gasteiger partial charge >= 0.3 is 5.97 Å². The van der Waals surface area contributed by atoms with Crippen molar-refractivity contribution >= 4 is 17.3 Å². The first kappa shape index (κ1) is 13.6. The molecule has 0 saturated carbocycles. The zero-order valence-corrected chi connectivity index (χ0v) is 10.7. The van der Waals surface area contributed by atoms with Crippen LogP contribution >= 0.6 is 11.3 Å². The van der Waals surface area contributed by atoms with Crippen molar-refractivity contribution in [1.29, 1.82) is 0 Å². The first-order valence-electron chi connectivity index (χ1n) is 5.35. The van der Waals surface area contributed by atoms with E-state index in [1.165, 1.54) is 11.3 Å². The lowest BCUT2D eigenvalue weighted by molar-refractivity contribution is -0.483. The van der Waals surface area contributed by atoms with Gasteiger partial charge < -0.3 is 4.74 Å². The lowest BCUT2D eigenvalue weighted by Crippen LogP contribution is -2.17. The fourth-order valence-corrected chi connectivity index (χ4v) is 2.52. The van der Waals surface area contributed by atoms with Gasteiger partial charge in [0, 0.05) is 9.80 Å². The van der Waals surface area contributed by atoms with Gasteiger partial charge in [-0.25, -0.2) is 0 Å². The Bertz CT molecular complexity index is 402. The van der Waals surface area contributed by atoms with E-state index in [4.69, 9.17) is 4.74 Å². The Morgan fingerprint density at radius 1 is 1.65 bits per heavy atom. The second kappa shape index (κ2) is 6.34. The van der Waals surface area contributed by atoms with Crippen molar-refractivity contribution < 1.29 is 14.5 Å². The van der Waals surface area contributed by atoms with Gasteiger partial charge in [0.1, 0.15) is 0 Å². The van der Waals surface area contributed by atoms with Gasteiger partial charge in [-0.1, -0.05) is 0 Å². The third-order valence-corrected chi connectivity index (χ3v) is 3.45. The molecule has 94 valence electrons. The molecule has 0 aromatic carbocycles. The smallest absolute Gasteiger partial charge is 0.306 e. The van der Waals surface area contributed by atoms with E-state index < -0.39 is 0 Å². The number of hydrogen-bond acceptors (Lipinski definition) is 5. The van der Waals surface area contributed by atoms with Crippen LogP contribution in [0.1, 0.15) is 29.7 Å². The Balaban J connectivity index is 2.73. The average Bonchev–Trinajstić information content (AvgIpc) is 2.63. The predicted octanol–water partition coefficient (Wildman–Crippen LogP) is 2.37. The van der Waals surface area contributed by atoms with Crippen molar-refractivity contribution in [2.45, 2.75) is 26.2 Å². The number of carbonyl (C=O) groups is 1. The van der Waals surface area contributed by atoms with Crippen LogP contribution in [0.2, 0.25) is 0 Å². The van der Waals surface area contributed by atoms with Gasteiger partial charge in [-0.3, -0.25) is 14.9 Å². The lowest BCUT2D eigenvalue weighted by Gasteiger charge is -2.09. The summed E-state index contributed by atoms with van der Waals surface area (Å²) in [7, 11) is 0. The normalized spacial score (nSPS) is 12.1. The molecule has 1 unspecified atom stereocenters. The maximum atomic E-state index is 11.4. The van der Waals surface area contributed by atoms with Gasteiger partial charge in [0.15, 0.2) is 0 Å².